The second-order valence-corrected chi connectivity index (χ2v) is 8.06. The van der Waals surface area contributed by atoms with Crippen LogP contribution in [0.4, 0.5) is 5.69 Å². The van der Waals surface area contributed by atoms with Crippen LogP contribution in [-0.4, -0.2) is 37.5 Å². The number of benzene rings is 2. The van der Waals surface area contributed by atoms with Crippen LogP contribution < -0.4 is 14.8 Å². The van der Waals surface area contributed by atoms with E-state index in [0.717, 1.165) is 5.56 Å². The van der Waals surface area contributed by atoms with Crippen LogP contribution in [0.15, 0.2) is 53.9 Å². The summed E-state index contributed by atoms with van der Waals surface area (Å²) in [5.41, 5.74) is 1.71. The van der Waals surface area contributed by atoms with Gasteiger partial charge in [-0.3, -0.25) is 9.59 Å². The fraction of sp³-hybridized carbons (Fsp3) is 0.217. The Morgan fingerprint density at radius 3 is 2.61 bits per heavy atom. The van der Waals surface area contributed by atoms with Crippen molar-refractivity contribution < 1.29 is 19.1 Å². The van der Waals surface area contributed by atoms with Gasteiger partial charge >= 0.3 is 0 Å². The molecule has 0 saturated heterocycles. The van der Waals surface area contributed by atoms with Crippen molar-refractivity contribution in [3.8, 4) is 11.5 Å². The maximum atomic E-state index is 13.0. The first kappa shape index (κ1) is 22.7. The van der Waals surface area contributed by atoms with Gasteiger partial charge in [-0.05, 0) is 54.3 Å². The summed E-state index contributed by atoms with van der Waals surface area (Å²) in [6, 6.07) is 13.9. The van der Waals surface area contributed by atoms with Crippen LogP contribution >= 0.6 is 22.9 Å². The van der Waals surface area contributed by atoms with E-state index >= 15 is 0 Å². The molecular formula is C23H23ClN2O4S. The highest BCUT2D eigenvalue weighted by Crippen LogP contribution is 2.29. The number of anilines is 1. The molecule has 0 saturated carbocycles. The first-order valence-electron chi connectivity index (χ1n) is 9.62. The number of nitrogens with one attached hydrogen (secondary N) is 1. The van der Waals surface area contributed by atoms with E-state index in [4.69, 9.17) is 21.1 Å². The van der Waals surface area contributed by atoms with Gasteiger partial charge < -0.3 is 19.7 Å². The Bertz CT molecular complexity index is 1070. The molecule has 6 nitrogen and oxygen atoms in total. The van der Waals surface area contributed by atoms with Gasteiger partial charge in [0, 0.05) is 19.2 Å². The lowest BCUT2D eigenvalue weighted by Gasteiger charge is -2.19. The molecule has 2 aromatic carbocycles. The third-order valence-electron chi connectivity index (χ3n) is 4.50. The molecule has 2 amide bonds. The molecule has 0 radical (unpaired) electrons. The standard InChI is InChI=1S/C23H23ClN2O4S/c1-4-30-19-10-7-15(12-20(19)29-3)14-26(2)23(28)16-8-9-17(24)18(13-16)25-22(27)21-6-5-11-31-21/h5-13H,4,14H2,1-3H3,(H,25,27). The quantitative estimate of drug-likeness (QED) is 0.495. The average Bonchev–Trinajstić information content (AvgIpc) is 3.31. The molecule has 31 heavy (non-hydrogen) atoms. The fourth-order valence-corrected chi connectivity index (χ4v) is 3.78. The van der Waals surface area contributed by atoms with Gasteiger partial charge in [-0.1, -0.05) is 23.7 Å². The number of hydrogen-bond donors (Lipinski definition) is 1. The van der Waals surface area contributed by atoms with Crippen molar-refractivity contribution >= 4 is 40.4 Å². The summed E-state index contributed by atoms with van der Waals surface area (Å²) in [7, 11) is 3.29. The number of carbonyl (C=O) groups is 2. The SMILES string of the molecule is CCOc1ccc(CN(C)C(=O)c2ccc(Cl)c(NC(=O)c3cccs3)c2)cc1OC. The lowest BCUT2D eigenvalue weighted by atomic mass is 10.1. The van der Waals surface area contributed by atoms with E-state index in [0.29, 0.717) is 45.8 Å². The molecule has 0 aliphatic heterocycles. The van der Waals surface area contributed by atoms with Gasteiger partial charge in [0.1, 0.15) is 0 Å². The van der Waals surface area contributed by atoms with Crippen LogP contribution in [0.25, 0.3) is 0 Å². The van der Waals surface area contributed by atoms with E-state index in [1.165, 1.54) is 11.3 Å². The third kappa shape index (κ3) is 5.57. The minimum Gasteiger partial charge on any atom is -0.493 e. The Morgan fingerprint density at radius 2 is 1.94 bits per heavy atom. The zero-order valence-corrected chi connectivity index (χ0v) is 19.0. The zero-order chi connectivity index (χ0) is 22.4. The van der Waals surface area contributed by atoms with Crippen LogP contribution in [0, 0.1) is 0 Å². The Hall–Kier alpha value is -3.03. The molecule has 0 unspecified atom stereocenters. The maximum Gasteiger partial charge on any atom is 0.265 e. The Kier molecular flexibility index (Phi) is 7.55. The number of ether oxygens (including phenoxy) is 2. The second kappa shape index (κ2) is 10.3. The number of carbonyl (C=O) groups excluding carboxylic acids is 2. The smallest absolute Gasteiger partial charge is 0.265 e. The lowest BCUT2D eigenvalue weighted by molar-refractivity contribution is 0.0784. The molecule has 0 aliphatic carbocycles. The number of methoxy groups -OCH3 is 1. The molecule has 0 aliphatic rings. The molecule has 162 valence electrons. The molecule has 3 rings (SSSR count). The Labute approximate surface area is 190 Å². The van der Waals surface area contributed by atoms with E-state index in [1.807, 2.05) is 30.5 Å². The van der Waals surface area contributed by atoms with Gasteiger partial charge in [0.2, 0.25) is 0 Å². The van der Waals surface area contributed by atoms with Crippen molar-refractivity contribution in [3.05, 3.63) is 74.9 Å². The minimum atomic E-state index is -0.267. The molecule has 1 N–H and O–H groups in total. The highest BCUT2D eigenvalue weighted by Gasteiger charge is 2.17. The summed E-state index contributed by atoms with van der Waals surface area (Å²) in [6.45, 7) is 2.82. The molecule has 1 heterocycles. The van der Waals surface area contributed by atoms with Crippen molar-refractivity contribution in [2.45, 2.75) is 13.5 Å². The van der Waals surface area contributed by atoms with Crippen LogP contribution in [0.3, 0.4) is 0 Å². The third-order valence-corrected chi connectivity index (χ3v) is 5.70. The lowest BCUT2D eigenvalue weighted by Crippen LogP contribution is -2.26. The molecule has 0 atom stereocenters. The normalized spacial score (nSPS) is 10.5. The Morgan fingerprint density at radius 1 is 1.13 bits per heavy atom. The number of rotatable bonds is 8. The highest BCUT2D eigenvalue weighted by atomic mass is 35.5. The van der Waals surface area contributed by atoms with Crippen LogP contribution in [0.1, 0.15) is 32.5 Å². The number of thiophene rings is 1. The zero-order valence-electron chi connectivity index (χ0n) is 17.5. The van der Waals surface area contributed by atoms with E-state index < -0.39 is 0 Å². The molecule has 0 spiro atoms. The van der Waals surface area contributed by atoms with Crippen LogP contribution in [0.5, 0.6) is 11.5 Å². The van der Waals surface area contributed by atoms with Crippen molar-refractivity contribution in [1.29, 1.82) is 0 Å². The van der Waals surface area contributed by atoms with E-state index in [1.54, 1.807) is 49.4 Å². The number of hydrogen-bond acceptors (Lipinski definition) is 5. The van der Waals surface area contributed by atoms with Gasteiger partial charge in [0.05, 0.1) is 29.3 Å². The number of amides is 2. The minimum absolute atomic E-state index is 0.198. The molecule has 0 bridgehead atoms. The van der Waals surface area contributed by atoms with E-state index in [9.17, 15) is 9.59 Å². The van der Waals surface area contributed by atoms with Gasteiger partial charge in [0.25, 0.3) is 11.8 Å². The van der Waals surface area contributed by atoms with Crippen LogP contribution in [-0.2, 0) is 6.54 Å². The topological polar surface area (TPSA) is 67.9 Å². The summed E-state index contributed by atoms with van der Waals surface area (Å²) in [5, 5.41) is 4.95. The average molecular weight is 459 g/mol. The maximum absolute atomic E-state index is 13.0. The van der Waals surface area contributed by atoms with Gasteiger partial charge in [-0.15, -0.1) is 11.3 Å². The van der Waals surface area contributed by atoms with Gasteiger partial charge in [-0.2, -0.15) is 0 Å². The first-order valence-corrected chi connectivity index (χ1v) is 10.9. The fourth-order valence-electron chi connectivity index (χ4n) is 3.00. The monoisotopic (exact) mass is 458 g/mol. The molecule has 0 fully saturated rings. The van der Waals surface area contributed by atoms with Gasteiger partial charge in [0.15, 0.2) is 11.5 Å². The second-order valence-electron chi connectivity index (χ2n) is 6.71. The highest BCUT2D eigenvalue weighted by molar-refractivity contribution is 7.12. The van der Waals surface area contributed by atoms with Crippen molar-refractivity contribution in [2.75, 3.05) is 26.1 Å². The van der Waals surface area contributed by atoms with Crippen molar-refractivity contribution in [1.82, 2.24) is 4.90 Å². The van der Waals surface area contributed by atoms with Crippen LogP contribution in [0.2, 0.25) is 5.02 Å². The summed E-state index contributed by atoms with van der Waals surface area (Å²) < 4.78 is 10.9. The molecule has 1 aromatic heterocycles. The summed E-state index contributed by atoms with van der Waals surface area (Å²) in [6.07, 6.45) is 0. The number of nitrogens with zero attached hydrogens (tertiary/aromatic N) is 1. The molecular weight excluding hydrogens is 436 g/mol. The van der Waals surface area contributed by atoms with E-state index in [2.05, 4.69) is 5.32 Å². The first-order chi connectivity index (χ1) is 14.9. The summed E-state index contributed by atoms with van der Waals surface area (Å²) in [5.74, 6) is 0.810. The predicted molar refractivity (Wildman–Crippen MR) is 124 cm³/mol. The predicted octanol–water partition coefficient (Wildman–Crippen LogP) is 5.33. The van der Waals surface area contributed by atoms with E-state index in [-0.39, 0.29) is 11.8 Å². The summed E-state index contributed by atoms with van der Waals surface area (Å²) >= 11 is 7.56. The van der Waals surface area contributed by atoms with Crippen molar-refractivity contribution in [3.63, 3.8) is 0 Å². The molecule has 8 heteroatoms. The molecule has 3 aromatic rings. The number of halogens is 1. The van der Waals surface area contributed by atoms with Crippen molar-refractivity contribution in [2.24, 2.45) is 0 Å². The summed E-state index contributed by atoms with van der Waals surface area (Å²) in [4.78, 5) is 27.5. The Balaban J connectivity index is 1.74. The van der Waals surface area contributed by atoms with Gasteiger partial charge in [-0.25, -0.2) is 0 Å². The largest absolute Gasteiger partial charge is 0.493 e.